The highest BCUT2D eigenvalue weighted by Gasteiger charge is 2.24. The maximum absolute atomic E-state index is 6.78. The van der Waals surface area contributed by atoms with Crippen LogP contribution >= 0.6 is 11.3 Å². The predicted octanol–water partition coefficient (Wildman–Crippen LogP) is 12.8. The fourth-order valence-corrected chi connectivity index (χ4v) is 7.85. The quantitative estimate of drug-likeness (QED) is 0.197. The van der Waals surface area contributed by atoms with Crippen LogP contribution in [0.2, 0.25) is 0 Å². The highest BCUT2D eigenvalue weighted by molar-refractivity contribution is 7.26. The minimum Gasteiger partial charge on any atom is -0.454 e. The molecule has 2 heterocycles. The number of rotatable bonds is 5. The van der Waals surface area contributed by atoms with Gasteiger partial charge >= 0.3 is 0 Å². The van der Waals surface area contributed by atoms with Gasteiger partial charge in [-0.2, -0.15) is 0 Å². The Labute approximate surface area is 265 Å². The van der Waals surface area contributed by atoms with Crippen LogP contribution in [0.5, 0.6) is 0 Å². The van der Waals surface area contributed by atoms with Crippen molar-refractivity contribution in [1.29, 1.82) is 0 Å². The van der Waals surface area contributed by atoms with Crippen LogP contribution < -0.4 is 4.90 Å². The molecule has 2 aromatic heterocycles. The van der Waals surface area contributed by atoms with Gasteiger partial charge in [0.25, 0.3) is 0 Å². The molecule has 0 aliphatic heterocycles. The Morgan fingerprint density at radius 2 is 1.09 bits per heavy atom. The molecule has 0 aliphatic rings. The molecule has 2 nitrogen and oxygen atoms in total. The fraction of sp³-hybridized carbons (Fsp3) is 0. The van der Waals surface area contributed by atoms with Gasteiger partial charge < -0.3 is 9.32 Å². The standard InChI is InChI=1S/C42H27NOS/c1-4-14-28(15-5-1)32-25-24-31(26-35(32)29-16-6-2-7-17-29)43(30-18-8-3-9-19-30)37-27-36-33-20-11-13-23-39(33)45-42(36)40-34-21-10-12-22-38(34)44-41(37)40/h1-27H. The van der Waals surface area contributed by atoms with Gasteiger partial charge in [-0.3, -0.25) is 0 Å². The number of nitrogens with zero attached hydrogens (tertiary/aromatic N) is 1. The minimum absolute atomic E-state index is 0.896. The van der Waals surface area contributed by atoms with Crippen molar-refractivity contribution >= 4 is 70.5 Å². The smallest absolute Gasteiger partial charge is 0.160 e. The lowest BCUT2D eigenvalue weighted by Crippen LogP contribution is -2.10. The Morgan fingerprint density at radius 3 is 1.84 bits per heavy atom. The zero-order chi connectivity index (χ0) is 29.7. The van der Waals surface area contributed by atoms with Crippen LogP contribution in [0.15, 0.2) is 168 Å². The molecule has 212 valence electrons. The molecule has 0 unspecified atom stereocenters. The van der Waals surface area contributed by atoms with Crippen LogP contribution in [0.25, 0.3) is 64.4 Å². The molecule has 3 heteroatoms. The second-order valence-corrected chi connectivity index (χ2v) is 12.4. The molecule has 9 aromatic rings. The van der Waals surface area contributed by atoms with Crippen molar-refractivity contribution in [3.05, 3.63) is 164 Å². The Morgan fingerprint density at radius 1 is 0.467 bits per heavy atom. The van der Waals surface area contributed by atoms with E-state index in [1.807, 2.05) is 11.3 Å². The molecule has 45 heavy (non-hydrogen) atoms. The molecule has 0 atom stereocenters. The third-order valence-corrected chi connectivity index (χ3v) is 9.86. The lowest BCUT2D eigenvalue weighted by molar-refractivity contribution is 0.669. The molecular formula is C42H27NOS. The molecule has 0 radical (unpaired) electrons. The Hall–Kier alpha value is -5.64. The molecule has 0 bridgehead atoms. The van der Waals surface area contributed by atoms with Gasteiger partial charge in [-0.1, -0.05) is 121 Å². The average Bonchev–Trinajstić information content (AvgIpc) is 3.68. The number of benzene rings is 7. The van der Waals surface area contributed by atoms with Crippen molar-refractivity contribution in [2.75, 3.05) is 4.90 Å². The fourth-order valence-electron chi connectivity index (χ4n) is 6.62. The summed E-state index contributed by atoms with van der Waals surface area (Å²) < 4.78 is 9.32. The van der Waals surface area contributed by atoms with E-state index < -0.39 is 0 Å². The molecule has 0 saturated heterocycles. The van der Waals surface area contributed by atoms with E-state index in [2.05, 4.69) is 169 Å². The van der Waals surface area contributed by atoms with Crippen molar-refractivity contribution in [3.8, 4) is 22.3 Å². The third-order valence-electron chi connectivity index (χ3n) is 8.66. The van der Waals surface area contributed by atoms with Crippen LogP contribution in [-0.4, -0.2) is 0 Å². The Kier molecular flexibility index (Phi) is 6.03. The van der Waals surface area contributed by atoms with Crippen LogP contribution in [0, 0.1) is 0 Å². The first kappa shape index (κ1) is 25.8. The zero-order valence-corrected chi connectivity index (χ0v) is 25.2. The van der Waals surface area contributed by atoms with Crippen molar-refractivity contribution in [2.24, 2.45) is 0 Å². The van der Waals surface area contributed by atoms with Crippen LogP contribution in [0.4, 0.5) is 17.1 Å². The monoisotopic (exact) mass is 593 g/mol. The van der Waals surface area contributed by atoms with Crippen LogP contribution in [0.3, 0.4) is 0 Å². The summed E-state index contributed by atoms with van der Waals surface area (Å²) in [6.45, 7) is 0. The highest BCUT2D eigenvalue weighted by Crippen LogP contribution is 2.50. The topological polar surface area (TPSA) is 16.4 Å². The number of furan rings is 1. The predicted molar refractivity (Wildman–Crippen MR) is 192 cm³/mol. The van der Waals surface area contributed by atoms with Gasteiger partial charge in [-0.15, -0.1) is 11.3 Å². The largest absolute Gasteiger partial charge is 0.454 e. The summed E-state index contributed by atoms with van der Waals surface area (Å²) in [5.74, 6) is 0. The second-order valence-electron chi connectivity index (χ2n) is 11.3. The van der Waals surface area contributed by atoms with Crippen molar-refractivity contribution in [3.63, 3.8) is 0 Å². The maximum atomic E-state index is 6.78. The molecule has 0 saturated carbocycles. The van der Waals surface area contributed by atoms with Crippen LogP contribution in [0.1, 0.15) is 0 Å². The van der Waals surface area contributed by atoms with Gasteiger partial charge in [0, 0.05) is 42.3 Å². The Bertz CT molecular complexity index is 2480. The summed E-state index contributed by atoms with van der Waals surface area (Å²) in [5, 5.41) is 4.82. The number of thiophene rings is 1. The summed E-state index contributed by atoms with van der Waals surface area (Å²) in [4.78, 5) is 2.36. The molecule has 0 spiro atoms. The average molecular weight is 594 g/mol. The lowest BCUT2D eigenvalue weighted by Gasteiger charge is -2.27. The van der Waals surface area contributed by atoms with E-state index in [4.69, 9.17) is 4.42 Å². The summed E-state index contributed by atoms with van der Waals surface area (Å²) in [6, 6.07) is 58.3. The van der Waals surface area contributed by atoms with E-state index in [-0.39, 0.29) is 0 Å². The number of para-hydroxylation sites is 2. The molecular weight excluding hydrogens is 567 g/mol. The number of hydrogen-bond donors (Lipinski definition) is 0. The van der Waals surface area contributed by atoms with Crippen molar-refractivity contribution in [2.45, 2.75) is 0 Å². The van der Waals surface area contributed by atoms with Crippen LogP contribution in [-0.2, 0) is 0 Å². The minimum atomic E-state index is 0.896. The van der Waals surface area contributed by atoms with E-state index in [9.17, 15) is 0 Å². The summed E-state index contributed by atoms with van der Waals surface area (Å²) >= 11 is 1.84. The Balaban J connectivity index is 1.38. The third kappa shape index (κ3) is 4.24. The molecule has 9 rings (SSSR count). The SMILES string of the molecule is c1ccc(-c2ccc(N(c3ccccc3)c3cc4c5ccccc5sc4c4c3oc3ccccc34)cc2-c2ccccc2)cc1. The summed E-state index contributed by atoms with van der Waals surface area (Å²) in [7, 11) is 0. The zero-order valence-electron chi connectivity index (χ0n) is 24.4. The van der Waals surface area contributed by atoms with E-state index >= 15 is 0 Å². The number of anilines is 3. The molecule has 0 aliphatic carbocycles. The van der Waals surface area contributed by atoms with Gasteiger partial charge in [-0.25, -0.2) is 0 Å². The van der Waals surface area contributed by atoms with Gasteiger partial charge in [0.05, 0.1) is 5.69 Å². The normalized spacial score (nSPS) is 11.6. The van der Waals surface area contributed by atoms with E-state index in [1.165, 1.54) is 47.8 Å². The van der Waals surface area contributed by atoms with Crippen molar-refractivity contribution < 1.29 is 4.42 Å². The molecule has 0 fully saturated rings. The molecule has 7 aromatic carbocycles. The van der Waals surface area contributed by atoms with E-state index in [1.54, 1.807) is 0 Å². The van der Waals surface area contributed by atoms with E-state index in [0.717, 1.165) is 33.6 Å². The number of fused-ring (bicyclic) bond motifs is 7. The first-order valence-electron chi connectivity index (χ1n) is 15.2. The molecule has 0 amide bonds. The summed E-state index contributed by atoms with van der Waals surface area (Å²) in [5.41, 5.74) is 9.72. The maximum Gasteiger partial charge on any atom is 0.160 e. The van der Waals surface area contributed by atoms with Gasteiger partial charge in [-0.05, 0) is 64.7 Å². The van der Waals surface area contributed by atoms with Gasteiger partial charge in [0.15, 0.2) is 5.58 Å². The first-order chi connectivity index (χ1) is 22.3. The lowest BCUT2D eigenvalue weighted by atomic mass is 9.93. The highest BCUT2D eigenvalue weighted by atomic mass is 32.1. The van der Waals surface area contributed by atoms with Gasteiger partial charge in [0.2, 0.25) is 0 Å². The van der Waals surface area contributed by atoms with Crippen molar-refractivity contribution in [1.82, 2.24) is 0 Å². The first-order valence-corrected chi connectivity index (χ1v) is 16.0. The second kappa shape index (κ2) is 10.5. The number of hydrogen-bond acceptors (Lipinski definition) is 3. The summed E-state index contributed by atoms with van der Waals surface area (Å²) in [6.07, 6.45) is 0. The van der Waals surface area contributed by atoms with Gasteiger partial charge in [0.1, 0.15) is 5.58 Å². The molecule has 0 N–H and O–H groups in total. The van der Waals surface area contributed by atoms with E-state index in [0.29, 0.717) is 0 Å².